The first-order valence-electron chi connectivity index (χ1n) is 7.86. The van der Waals surface area contributed by atoms with Crippen molar-refractivity contribution in [2.24, 2.45) is 5.92 Å². The van der Waals surface area contributed by atoms with Crippen LogP contribution in [0.15, 0.2) is 0 Å². The molecule has 0 aliphatic carbocycles. The lowest BCUT2D eigenvalue weighted by Gasteiger charge is -2.36. The SMILES string of the molecule is CCCCCCCCC(CCC)C(OC)(OC)OC.O. The van der Waals surface area contributed by atoms with Crippen molar-refractivity contribution in [2.45, 2.75) is 77.6 Å². The van der Waals surface area contributed by atoms with Crippen molar-refractivity contribution in [1.29, 1.82) is 0 Å². The fourth-order valence-electron chi connectivity index (χ4n) is 2.77. The predicted molar refractivity (Wildman–Crippen MR) is 83.8 cm³/mol. The average molecular weight is 292 g/mol. The van der Waals surface area contributed by atoms with Crippen LogP contribution in [0.1, 0.15) is 71.6 Å². The van der Waals surface area contributed by atoms with Crippen molar-refractivity contribution in [2.75, 3.05) is 21.3 Å². The van der Waals surface area contributed by atoms with Gasteiger partial charge in [0.15, 0.2) is 0 Å². The van der Waals surface area contributed by atoms with E-state index in [-0.39, 0.29) is 5.48 Å². The molecule has 0 aromatic rings. The Bertz CT molecular complexity index is 185. The van der Waals surface area contributed by atoms with Gasteiger partial charge in [0, 0.05) is 27.2 Å². The van der Waals surface area contributed by atoms with Gasteiger partial charge in [-0.2, -0.15) is 0 Å². The van der Waals surface area contributed by atoms with Crippen LogP contribution in [0.5, 0.6) is 0 Å². The second-order valence-corrected chi connectivity index (χ2v) is 5.26. The van der Waals surface area contributed by atoms with Gasteiger partial charge >= 0.3 is 0 Å². The molecule has 0 bridgehead atoms. The normalized spacial score (nSPS) is 13.1. The summed E-state index contributed by atoms with van der Waals surface area (Å²) in [5, 5.41) is 0. The van der Waals surface area contributed by atoms with Crippen LogP contribution in [-0.4, -0.2) is 32.8 Å². The van der Waals surface area contributed by atoms with Gasteiger partial charge in [-0.1, -0.05) is 58.8 Å². The molecule has 20 heavy (non-hydrogen) atoms. The Morgan fingerprint density at radius 1 is 0.700 bits per heavy atom. The van der Waals surface area contributed by atoms with Gasteiger partial charge in [0.25, 0.3) is 5.97 Å². The van der Waals surface area contributed by atoms with Gasteiger partial charge < -0.3 is 19.7 Å². The first kappa shape index (κ1) is 22.1. The molecule has 1 unspecified atom stereocenters. The maximum atomic E-state index is 5.50. The molecule has 0 aliphatic rings. The highest BCUT2D eigenvalue weighted by molar-refractivity contribution is 4.71. The summed E-state index contributed by atoms with van der Waals surface area (Å²) in [6.07, 6.45) is 11.2. The molecule has 0 saturated carbocycles. The molecule has 2 N–H and O–H groups in total. The number of rotatable bonds is 13. The Morgan fingerprint density at radius 3 is 1.65 bits per heavy atom. The van der Waals surface area contributed by atoms with E-state index in [4.69, 9.17) is 14.2 Å². The summed E-state index contributed by atoms with van der Waals surface area (Å²) in [6.45, 7) is 4.45. The fraction of sp³-hybridized carbons (Fsp3) is 1.00. The lowest BCUT2D eigenvalue weighted by Crippen LogP contribution is -2.44. The Kier molecular flexibility index (Phi) is 15.3. The molecule has 0 saturated heterocycles. The number of methoxy groups -OCH3 is 3. The van der Waals surface area contributed by atoms with Gasteiger partial charge in [0.05, 0.1) is 0 Å². The summed E-state index contributed by atoms with van der Waals surface area (Å²) in [4.78, 5) is 0. The van der Waals surface area contributed by atoms with E-state index in [2.05, 4.69) is 13.8 Å². The second kappa shape index (κ2) is 13.8. The minimum absolute atomic E-state index is 0. The summed E-state index contributed by atoms with van der Waals surface area (Å²) in [5.41, 5.74) is 0. The molecule has 0 fully saturated rings. The molecule has 0 aromatic heterocycles. The summed E-state index contributed by atoms with van der Waals surface area (Å²) < 4.78 is 16.5. The maximum absolute atomic E-state index is 5.50. The highest BCUT2D eigenvalue weighted by Gasteiger charge is 2.38. The minimum Gasteiger partial charge on any atom is -0.412 e. The third-order valence-electron chi connectivity index (χ3n) is 3.90. The summed E-state index contributed by atoms with van der Waals surface area (Å²) in [6, 6.07) is 0. The van der Waals surface area contributed by atoms with Crippen LogP contribution in [0, 0.1) is 5.92 Å². The molecule has 0 aromatic carbocycles. The average Bonchev–Trinajstić information content (AvgIpc) is 2.45. The molecule has 0 heterocycles. The molecular formula is C16H36O4. The van der Waals surface area contributed by atoms with Crippen LogP contribution < -0.4 is 0 Å². The van der Waals surface area contributed by atoms with E-state index in [1.54, 1.807) is 21.3 Å². The Labute approximate surface area is 125 Å². The van der Waals surface area contributed by atoms with Crippen molar-refractivity contribution in [1.82, 2.24) is 0 Å². The highest BCUT2D eigenvalue weighted by Crippen LogP contribution is 2.32. The fourth-order valence-corrected chi connectivity index (χ4v) is 2.77. The Hall–Kier alpha value is -0.160. The number of hydrogen-bond acceptors (Lipinski definition) is 3. The zero-order chi connectivity index (χ0) is 14.6. The molecule has 4 nitrogen and oxygen atoms in total. The largest absolute Gasteiger partial charge is 0.412 e. The predicted octanol–water partition coefficient (Wildman–Crippen LogP) is 3.92. The third-order valence-corrected chi connectivity index (χ3v) is 3.90. The zero-order valence-corrected chi connectivity index (χ0v) is 14.2. The van der Waals surface area contributed by atoms with Crippen molar-refractivity contribution >= 4 is 0 Å². The van der Waals surface area contributed by atoms with Crippen LogP contribution >= 0.6 is 0 Å². The summed E-state index contributed by atoms with van der Waals surface area (Å²) >= 11 is 0. The van der Waals surface area contributed by atoms with Crippen LogP contribution in [0.25, 0.3) is 0 Å². The maximum Gasteiger partial charge on any atom is 0.285 e. The number of unbranched alkanes of at least 4 members (excludes halogenated alkanes) is 5. The molecule has 1 atom stereocenters. The minimum atomic E-state index is -0.862. The Morgan fingerprint density at radius 2 is 1.20 bits per heavy atom. The van der Waals surface area contributed by atoms with Gasteiger partial charge in [-0.3, -0.25) is 0 Å². The van der Waals surface area contributed by atoms with E-state index in [0.29, 0.717) is 5.92 Å². The Balaban J connectivity index is 0. The van der Waals surface area contributed by atoms with E-state index >= 15 is 0 Å². The topological polar surface area (TPSA) is 59.2 Å². The molecule has 0 radical (unpaired) electrons. The van der Waals surface area contributed by atoms with Crippen molar-refractivity contribution in [3.63, 3.8) is 0 Å². The first-order chi connectivity index (χ1) is 9.20. The smallest absolute Gasteiger partial charge is 0.285 e. The molecule has 124 valence electrons. The zero-order valence-electron chi connectivity index (χ0n) is 14.2. The van der Waals surface area contributed by atoms with E-state index in [0.717, 1.165) is 19.3 Å². The van der Waals surface area contributed by atoms with Gasteiger partial charge in [-0.05, 0) is 12.8 Å². The highest BCUT2D eigenvalue weighted by atomic mass is 16.9. The second-order valence-electron chi connectivity index (χ2n) is 5.26. The summed E-state index contributed by atoms with van der Waals surface area (Å²) in [7, 11) is 4.99. The van der Waals surface area contributed by atoms with Crippen molar-refractivity contribution in [3.05, 3.63) is 0 Å². The van der Waals surface area contributed by atoms with E-state index < -0.39 is 5.97 Å². The van der Waals surface area contributed by atoms with Crippen molar-refractivity contribution < 1.29 is 19.7 Å². The lowest BCUT2D eigenvalue weighted by atomic mass is 9.93. The molecule has 0 aliphatic heterocycles. The van der Waals surface area contributed by atoms with E-state index in [9.17, 15) is 0 Å². The van der Waals surface area contributed by atoms with Crippen molar-refractivity contribution in [3.8, 4) is 0 Å². The molecule has 0 amide bonds. The first-order valence-corrected chi connectivity index (χ1v) is 7.86. The van der Waals surface area contributed by atoms with Crippen LogP contribution in [-0.2, 0) is 14.2 Å². The number of ether oxygens (including phenoxy) is 3. The quantitative estimate of drug-likeness (QED) is 0.382. The molecule has 0 rings (SSSR count). The summed E-state index contributed by atoms with van der Waals surface area (Å²) in [5.74, 6) is -0.553. The van der Waals surface area contributed by atoms with E-state index in [1.165, 1.54) is 38.5 Å². The van der Waals surface area contributed by atoms with Crippen LogP contribution in [0.3, 0.4) is 0 Å². The van der Waals surface area contributed by atoms with Crippen LogP contribution in [0.4, 0.5) is 0 Å². The van der Waals surface area contributed by atoms with Crippen LogP contribution in [0.2, 0.25) is 0 Å². The van der Waals surface area contributed by atoms with Gasteiger partial charge in [-0.15, -0.1) is 0 Å². The molecular weight excluding hydrogens is 256 g/mol. The molecule has 4 heteroatoms. The third kappa shape index (κ3) is 7.58. The molecule has 0 spiro atoms. The van der Waals surface area contributed by atoms with Gasteiger partial charge in [0.1, 0.15) is 0 Å². The van der Waals surface area contributed by atoms with Gasteiger partial charge in [-0.25, -0.2) is 0 Å². The van der Waals surface area contributed by atoms with E-state index in [1.807, 2.05) is 0 Å². The monoisotopic (exact) mass is 292 g/mol. The lowest BCUT2D eigenvalue weighted by molar-refractivity contribution is -0.380. The standard InChI is InChI=1S/C16H34O3.H2O/c1-6-8-9-10-11-12-14-15(13-7-2)16(17-3,18-4)19-5;/h15H,6-14H2,1-5H3;1H2. The number of hydrogen-bond donors (Lipinski definition) is 0. The van der Waals surface area contributed by atoms with Gasteiger partial charge in [0.2, 0.25) is 0 Å².